The number of carbonyl (C=O) groups excluding carboxylic acids is 2. The van der Waals surface area contributed by atoms with E-state index in [0.29, 0.717) is 24.6 Å². The smallest absolute Gasteiger partial charge is 0.263 e. The van der Waals surface area contributed by atoms with Gasteiger partial charge in [-0.3, -0.25) is 14.6 Å². The third-order valence-electron chi connectivity index (χ3n) is 4.73. The first kappa shape index (κ1) is 17.2. The number of hydrogen-bond acceptors (Lipinski definition) is 6. The molecule has 2 aromatic carbocycles. The zero-order valence-corrected chi connectivity index (χ0v) is 15.2. The number of hydrogen-bond donors (Lipinski definition) is 0. The van der Waals surface area contributed by atoms with Crippen LogP contribution in [0.5, 0.6) is 5.75 Å². The largest absolute Gasteiger partial charge is 0.494 e. The summed E-state index contributed by atoms with van der Waals surface area (Å²) in [7, 11) is 0. The van der Waals surface area contributed by atoms with E-state index in [1.807, 2.05) is 38.1 Å². The van der Waals surface area contributed by atoms with Gasteiger partial charge in [-0.25, -0.2) is 4.90 Å². The van der Waals surface area contributed by atoms with E-state index in [2.05, 4.69) is 10.3 Å². The number of aryl methyl sites for hydroxylation is 1. The molecule has 2 heterocycles. The Kier molecular flexibility index (Phi) is 4.35. The van der Waals surface area contributed by atoms with E-state index in [0.717, 1.165) is 11.1 Å². The molecule has 1 saturated heterocycles. The molecule has 138 valence electrons. The third kappa shape index (κ3) is 3.05. The quantitative estimate of drug-likeness (QED) is 0.765. The molecule has 4 rings (SSSR count). The second-order valence-electron chi connectivity index (χ2n) is 6.62. The second-order valence-corrected chi connectivity index (χ2v) is 6.62. The Morgan fingerprint density at radius 3 is 2.37 bits per heavy atom. The van der Waals surface area contributed by atoms with E-state index in [1.54, 1.807) is 29.3 Å². The van der Waals surface area contributed by atoms with Crippen molar-refractivity contribution in [3.05, 3.63) is 59.7 Å². The van der Waals surface area contributed by atoms with Crippen LogP contribution in [-0.2, 0) is 16.1 Å². The first-order chi connectivity index (χ1) is 13.1. The Morgan fingerprint density at radius 1 is 1.00 bits per heavy atom. The van der Waals surface area contributed by atoms with Crippen LogP contribution in [0.4, 0.5) is 5.69 Å². The van der Waals surface area contributed by atoms with E-state index in [4.69, 9.17) is 4.74 Å². The van der Waals surface area contributed by atoms with Crippen molar-refractivity contribution < 1.29 is 14.3 Å². The molecule has 27 heavy (non-hydrogen) atoms. The number of anilines is 1. The average Bonchev–Trinajstić information content (AvgIpc) is 3.18. The fourth-order valence-corrected chi connectivity index (χ4v) is 3.35. The van der Waals surface area contributed by atoms with Gasteiger partial charge in [0.15, 0.2) is 12.1 Å². The summed E-state index contributed by atoms with van der Waals surface area (Å²) in [5.41, 5.74) is 2.70. The van der Waals surface area contributed by atoms with Gasteiger partial charge in [0.25, 0.3) is 11.8 Å². The number of fused-ring (bicyclic) bond motifs is 1. The van der Waals surface area contributed by atoms with Gasteiger partial charge < -0.3 is 4.74 Å². The lowest BCUT2D eigenvalue weighted by atomic mass is 10.1. The van der Waals surface area contributed by atoms with Crippen LogP contribution in [0.15, 0.2) is 58.9 Å². The summed E-state index contributed by atoms with van der Waals surface area (Å²) in [5, 5.41) is 9.74. The maximum atomic E-state index is 13.0. The molecule has 7 heteroatoms. The topological polar surface area (TPSA) is 74.6 Å². The van der Waals surface area contributed by atoms with Crippen molar-refractivity contribution in [2.45, 2.75) is 32.5 Å². The molecule has 2 aliphatic rings. The second kappa shape index (κ2) is 6.83. The fraction of sp³-hybridized carbons (Fsp3) is 0.300. The molecule has 0 saturated carbocycles. The molecule has 2 atom stereocenters. The Morgan fingerprint density at radius 2 is 1.70 bits per heavy atom. The van der Waals surface area contributed by atoms with E-state index < -0.39 is 12.1 Å². The number of imide groups is 1. The zero-order valence-electron chi connectivity index (χ0n) is 15.2. The van der Waals surface area contributed by atoms with Crippen LogP contribution in [0.1, 0.15) is 18.1 Å². The molecule has 0 aliphatic carbocycles. The molecule has 2 aliphatic heterocycles. The summed E-state index contributed by atoms with van der Waals surface area (Å²) >= 11 is 0. The van der Waals surface area contributed by atoms with Crippen molar-refractivity contribution in [1.29, 1.82) is 0 Å². The van der Waals surface area contributed by atoms with Gasteiger partial charge in [0, 0.05) is 0 Å². The van der Waals surface area contributed by atoms with Gasteiger partial charge in [0.1, 0.15) is 5.75 Å². The van der Waals surface area contributed by atoms with E-state index in [1.165, 1.54) is 4.90 Å². The minimum absolute atomic E-state index is 0.300. The van der Waals surface area contributed by atoms with Crippen molar-refractivity contribution in [3.63, 3.8) is 0 Å². The minimum atomic E-state index is -0.783. The lowest BCUT2D eigenvalue weighted by Crippen LogP contribution is -2.39. The number of amides is 2. The van der Waals surface area contributed by atoms with Crippen molar-refractivity contribution in [2.24, 2.45) is 10.3 Å². The molecule has 1 fully saturated rings. The van der Waals surface area contributed by atoms with Crippen LogP contribution in [-0.4, -0.2) is 35.5 Å². The first-order valence-corrected chi connectivity index (χ1v) is 8.92. The molecular formula is C20H20N4O3. The molecule has 0 N–H and O–H groups in total. The normalized spacial score (nSPS) is 21.1. The highest BCUT2D eigenvalue weighted by atomic mass is 16.5. The number of carbonyl (C=O) groups is 2. The average molecular weight is 364 g/mol. The van der Waals surface area contributed by atoms with E-state index >= 15 is 0 Å². The van der Waals surface area contributed by atoms with Crippen molar-refractivity contribution >= 4 is 17.5 Å². The van der Waals surface area contributed by atoms with Crippen LogP contribution in [0.3, 0.4) is 0 Å². The highest BCUT2D eigenvalue weighted by molar-refractivity contribution is 6.25. The summed E-state index contributed by atoms with van der Waals surface area (Å²) in [5.74, 6) is 0.0526. The maximum absolute atomic E-state index is 13.0. The van der Waals surface area contributed by atoms with Crippen molar-refractivity contribution in [1.82, 2.24) is 5.01 Å². The maximum Gasteiger partial charge on any atom is 0.263 e. The molecule has 0 bridgehead atoms. The summed E-state index contributed by atoms with van der Waals surface area (Å²) in [4.78, 5) is 26.9. The summed E-state index contributed by atoms with van der Waals surface area (Å²) in [6, 6.07) is 13.4. The van der Waals surface area contributed by atoms with Crippen molar-refractivity contribution in [3.8, 4) is 5.75 Å². The molecule has 2 aromatic rings. The summed E-state index contributed by atoms with van der Waals surface area (Å²) < 4.78 is 5.41. The van der Waals surface area contributed by atoms with Crippen LogP contribution in [0.25, 0.3) is 0 Å². The Bertz CT molecular complexity index is 892. The molecule has 0 radical (unpaired) electrons. The third-order valence-corrected chi connectivity index (χ3v) is 4.73. The van der Waals surface area contributed by atoms with Crippen LogP contribution < -0.4 is 9.64 Å². The van der Waals surface area contributed by atoms with Gasteiger partial charge in [0.2, 0.25) is 0 Å². The molecular weight excluding hydrogens is 344 g/mol. The lowest BCUT2D eigenvalue weighted by Gasteiger charge is -2.20. The SMILES string of the molecule is CCOc1ccc(N2C(=O)[C@@H]3N=NN(Cc4ccc(C)cc4)[C@H]3C2=O)cc1. The van der Waals surface area contributed by atoms with Gasteiger partial charge in [-0.15, -0.1) is 0 Å². The van der Waals surface area contributed by atoms with Gasteiger partial charge in [-0.1, -0.05) is 35.1 Å². The predicted octanol–water partition coefficient (Wildman–Crippen LogP) is 2.89. The predicted molar refractivity (Wildman–Crippen MR) is 99.3 cm³/mol. The van der Waals surface area contributed by atoms with Crippen molar-refractivity contribution in [2.75, 3.05) is 11.5 Å². The molecule has 0 spiro atoms. The molecule has 0 aromatic heterocycles. The van der Waals surface area contributed by atoms with Gasteiger partial charge in [0.05, 0.1) is 18.8 Å². The highest BCUT2D eigenvalue weighted by Crippen LogP contribution is 2.33. The number of benzene rings is 2. The number of nitrogens with zero attached hydrogens (tertiary/aromatic N) is 4. The fourth-order valence-electron chi connectivity index (χ4n) is 3.35. The Hall–Kier alpha value is -3.22. The number of rotatable bonds is 5. The highest BCUT2D eigenvalue weighted by Gasteiger charge is 2.54. The number of ether oxygens (including phenoxy) is 1. The van der Waals surface area contributed by atoms with Gasteiger partial charge in [-0.2, -0.15) is 5.11 Å². The molecule has 7 nitrogen and oxygen atoms in total. The van der Waals surface area contributed by atoms with E-state index in [9.17, 15) is 9.59 Å². The van der Waals surface area contributed by atoms with E-state index in [-0.39, 0.29) is 11.8 Å². The van der Waals surface area contributed by atoms with Crippen LogP contribution >= 0.6 is 0 Å². The first-order valence-electron chi connectivity index (χ1n) is 8.92. The van der Waals surface area contributed by atoms with Gasteiger partial charge >= 0.3 is 0 Å². The Balaban J connectivity index is 1.55. The molecule has 2 amide bonds. The molecule has 0 unspecified atom stereocenters. The standard InChI is InChI=1S/C20H20N4O3/c1-3-27-16-10-8-15(9-11-16)24-19(25)17-18(20(24)26)23(22-21-17)12-14-6-4-13(2)5-7-14/h4-11,17-18H,3,12H2,1-2H3/t17-,18-/m1/s1. The van der Waals surface area contributed by atoms with Crippen LogP contribution in [0.2, 0.25) is 0 Å². The monoisotopic (exact) mass is 364 g/mol. The Labute approximate surface area is 157 Å². The zero-order chi connectivity index (χ0) is 19.0. The summed E-state index contributed by atoms with van der Waals surface area (Å²) in [6.45, 7) is 4.90. The van der Waals surface area contributed by atoms with Gasteiger partial charge in [-0.05, 0) is 43.7 Å². The lowest BCUT2D eigenvalue weighted by molar-refractivity contribution is -0.123. The van der Waals surface area contributed by atoms with Crippen LogP contribution in [0, 0.1) is 6.92 Å². The minimum Gasteiger partial charge on any atom is -0.494 e. The summed E-state index contributed by atoms with van der Waals surface area (Å²) in [6.07, 6.45) is 0.